The zero-order valence-electron chi connectivity index (χ0n) is 4.50. The maximum Gasteiger partial charge on any atom is 0.138 e. The fraction of sp³-hybridized carbons (Fsp3) is 0.200. The third kappa shape index (κ3) is 0.562. The Morgan fingerprint density at radius 1 is 1.88 bits per heavy atom. The summed E-state index contributed by atoms with van der Waals surface area (Å²) in [5.74, 6) is 0. The molecule has 3 nitrogen and oxygen atoms in total. The van der Waals surface area contributed by atoms with Crippen LogP contribution >= 0.6 is 0 Å². The molecule has 0 bridgehead atoms. The Labute approximate surface area is 47.2 Å². The van der Waals surface area contributed by atoms with Crippen molar-refractivity contribution in [2.45, 2.75) is 0 Å². The van der Waals surface area contributed by atoms with Gasteiger partial charge in [0, 0.05) is 7.05 Å². The van der Waals surface area contributed by atoms with Crippen molar-refractivity contribution in [3.8, 4) is 6.07 Å². The molecule has 8 heavy (non-hydrogen) atoms. The van der Waals surface area contributed by atoms with Crippen LogP contribution in [0.15, 0.2) is 12.3 Å². The molecule has 40 valence electrons. The van der Waals surface area contributed by atoms with Crippen LogP contribution in [0.25, 0.3) is 0 Å². The van der Waals surface area contributed by atoms with Crippen LogP contribution < -0.4 is 0 Å². The second-order valence-electron chi connectivity index (χ2n) is 1.45. The number of aromatic nitrogens is 2. The molecule has 0 amide bonds. The minimum atomic E-state index is 0.588. The molecule has 0 aliphatic heterocycles. The quantitative estimate of drug-likeness (QED) is 0.478. The second-order valence-corrected chi connectivity index (χ2v) is 1.45. The third-order valence-electron chi connectivity index (χ3n) is 0.935. The number of hydrogen-bond donors (Lipinski definition) is 0. The Kier molecular flexibility index (Phi) is 1.01. The van der Waals surface area contributed by atoms with E-state index in [1.807, 2.05) is 6.07 Å². The minimum absolute atomic E-state index is 0.588. The molecule has 0 radical (unpaired) electrons. The Morgan fingerprint density at radius 2 is 2.62 bits per heavy atom. The first-order valence-corrected chi connectivity index (χ1v) is 2.22. The summed E-state index contributed by atoms with van der Waals surface area (Å²) in [5, 5.41) is 12.1. The molecule has 0 aromatic carbocycles. The topological polar surface area (TPSA) is 41.6 Å². The maximum atomic E-state index is 8.30. The van der Waals surface area contributed by atoms with E-state index in [4.69, 9.17) is 5.26 Å². The highest BCUT2D eigenvalue weighted by atomic mass is 15.2. The Balaban J connectivity index is 3.15. The van der Waals surface area contributed by atoms with Gasteiger partial charge in [0.15, 0.2) is 0 Å². The van der Waals surface area contributed by atoms with E-state index >= 15 is 0 Å². The van der Waals surface area contributed by atoms with E-state index in [9.17, 15) is 0 Å². The predicted molar refractivity (Wildman–Crippen MR) is 27.9 cm³/mol. The molecule has 0 aliphatic rings. The van der Waals surface area contributed by atoms with Gasteiger partial charge in [-0.3, -0.25) is 4.68 Å². The molecular formula is C5H5N3. The van der Waals surface area contributed by atoms with Crippen LogP contribution in [0.4, 0.5) is 0 Å². The summed E-state index contributed by atoms with van der Waals surface area (Å²) in [6.07, 6.45) is 1.60. The number of aryl methyl sites for hydroxylation is 1. The molecule has 0 unspecified atom stereocenters. The first-order chi connectivity index (χ1) is 3.84. The molecule has 3 heteroatoms. The average Bonchev–Trinajstić information content (AvgIpc) is 2.14. The number of rotatable bonds is 0. The van der Waals surface area contributed by atoms with Crippen molar-refractivity contribution >= 4 is 0 Å². The first-order valence-electron chi connectivity index (χ1n) is 2.22. The number of nitrogens with zero attached hydrogens (tertiary/aromatic N) is 3. The molecule has 0 N–H and O–H groups in total. The van der Waals surface area contributed by atoms with Gasteiger partial charge in [-0.05, 0) is 6.07 Å². The zero-order valence-corrected chi connectivity index (χ0v) is 4.50. The van der Waals surface area contributed by atoms with Gasteiger partial charge in [-0.1, -0.05) is 0 Å². The molecule has 1 heterocycles. The zero-order chi connectivity index (χ0) is 5.98. The average molecular weight is 107 g/mol. The Bertz CT molecular complexity index is 218. The second kappa shape index (κ2) is 1.66. The van der Waals surface area contributed by atoms with Gasteiger partial charge in [0.1, 0.15) is 11.8 Å². The molecule has 0 saturated heterocycles. The summed E-state index contributed by atoms with van der Waals surface area (Å²) in [6, 6.07) is 3.64. The van der Waals surface area contributed by atoms with Crippen molar-refractivity contribution in [2.75, 3.05) is 0 Å². The summed E-state index contributed by atoms with van der Waals surface area (Å²) in [6.45, 7) is 0. The summed E-state index contributed by atoms with van der Waals surface area (Å²) < 4.78 is 1.53. The molecule has 1 aromatic rings. The highest BCUT2D eigenvalue weighted by Gasteiger charge is 1.90. The van der Waals surface area contributed by atoms with Crippen LogP contribution in [0.2, 0.25) is 0 Å². The monoisotopic (exact) mass is 107 g/mol. The fourth-order valence-corrected chi connectivity index (χ4v) is 0.484. The van der Waals surface area contributed by atoms with Gasteiger partial charge in [-0.25, -0.2) is 0 Å². The van der Waals surface area contributed by atoms with Gasteiger partial charge in [0.05, 0.1) is 6.20 Å². The van der Waals surface area contributed by atoms with Gasteiger partial charge in [0.2, 0.25) is 0 Å². The van der Waals surface area contributed by atoms with E-state index < -0.39 is 0 Å². The predicted octanol–water partition coefficient (Wildman–Crippen LogP) is 0.292. The highest BCUT2D eigenvalue weighted by Crippen LogP contribution is 1.89. The largest absolute Gasteiger partial charge is 0.258 e. The van der Waals surface area contributed by atoms with Crippen LogP contribution in [-0.4, -0.2) is 9.78 Å². The van der Waals surface area contributed by atoms with Crippen molar-refractivity contribution in [3.63, 3.8) is 0 Å². The van der Waals surface area contributed by atoms with Crippen molar-refractivity contribution in [1.82, 2.24) is 9.78 Å². The molecule has 0 fully saturated rings. The number of hydrogen-bond acceptors (Lipinski definition) is 2. The SMILES string of the molecule is Cn1nccc1C#N. The molecule has 0 saturated carbocycles. The Hall–Kier alpha value is -1.30. The van der Waals surface area contributed by atoms with Crippen molar-refractivity contribution < 1.29 is 0 Å². The smallest absolute Gasteiger partial charge is 0.138 e. The Morgan fingerprint density at radius 3 is 2.88 bits per heavy atom. The summed E-state index contributed by atoms with van der Waals surface area (Å²) in [5.41, 5.74) is 0.588. The minimum Gasteiger partial charge on any atom is -0.258 e. The van der Waals surface area contributed by atoms with Crippen molar-refractivity contribution in [1.29, 1.82) is 5.26 Å². The third-order valence-corrected chi connectivity index (χ3v) is 0.935. The molecule has 0 spiro atoms. The van der Waals surface area contributed by atoms with E-state index in [1.54, 1.807) is 19.3 Å². The van der Waals surface area contributed by atoms with Gasteiger partial charge in [-0.2, -0.15) is 10.4 Å². The lowest BCUT2D eigenvalue weighted by molar-refractivity contribution is 0.756. The standard InChI is InChI=1S/C5H5N3/c1-8-5(4-6)2-3-7-8/h2-3H,1H3. The van der Waals surface area contributed by atoms with E-state index in [-0.39, 0.29) is 0 Å². The highest BCUT2D eigenvalue weighted by molar-refractivity contribution is 5.17. The number of nitriles is 1. The van der Waals surface area contributed by atoms with Crippen LogP contribution in [0.5, 0.6) is 0 Å². The van der Waals surface area contributed by atoms with Crippen LogP contribution in [0.3, 0.4) is 0 Å². The van der Waals surface area contributed by atoms with Gasteiger partial charge in [-0.15, -0.1) is 0 Å². The van der Waals surface area contributed by atoms with Gasteiger partial charge < -0.3 is 0 Å². The normalized spacial score (nSPS) is 8.50. The van der Waals surface area contributed by atoms with E-state index in [0.717, 1.165) is 0 Å². The first kappa shape index (κ1) is 4.85. The fourth-order valence-electron chi connectivity index (χ4n) is 0.484. The molecule has 0 aliphatic carbocycles. The molecule has 0 atom stereocenters. The van der Waals surface area contributed by atoms with Crippen LogP contribution in [-0.2, 0) is 7.05 Å². The lowest BCUT2D eigenvalue weighted by Gasteiger charge is -1.84. The van der Waals surface area contributed by atoms with E-state index in [2.05, 4.69) is 5.10 Å². The lowest BCUT2D eigenvalue weighted by Crippen LogP contribution is -1.91. The summed E-state index contributed by atoms with van der Waals surface area (Å²) in [4.78, 5) is 0. The molecular weight excluding hydrogens is 102 g/mol. The van der Waals surface area contributed by atoms with Gasteiger partial charge >= 0.3 is 0 Å². The van der Waals surface area contributed by atoms with Gasteiger partial charge in [0.25, 0.3) is 0 Å². The van der Waals surface area contributed by atoms with Crippen LogP contribution in [0.1, 0.15) is 5.69 Å². The summed E-state index contributed by atoms with van der Waals surface area (Å²) in [7, 11) is 1.73. The summed E-state index contributed by atoms with van der Waals surface area (Å²) >= 11 is 0. The van der Waals surface area contributed by atoms with E-state index in [1.165, 1.54) is 4.68 Å². The van der Waals surface area contributed by atoms with Crippen molar-refractivity contribution in [2.24, 2.45) is 7.05 Å². The van der Waals surface area contributed by atoms with E-state index in [0.29, 0.717) is 5.69 Å². The molecule has 1 aromatic heterocycles. The lowest BCUT2D eigenvalue weighted by atomic mass is 10.5. The molecule has 1 rings (SSSR count). The maximum absolute atomic E-state index is 8.30. The van der Waals surface area contributed by atoms with Crippen LogP contribution in [0, 0.1) is 11.3 Å². The van der Waals surface area contributed by atoms with Crippen molar-refractivity contribution in [3.05, 3.63) is 18.0 Å².